The minimum absolute atomic E-state index is 0.710. The van der Waals surface area contributed by atoms with Crippen LogP contribution >= 0.6 is 0 Å². The molecule has 0 N–H and O–H groups in total. The molecule has 0 aromatic heterocycles. The minimum atomic E-state index is 0.710. The molecule has 3 aromatic carbocycles. The van der Waals surface area contributed by atoms with Gasteiger partial charge in [-0.1, -0.05) is 67.9 Å². The molecule has 2 heteroatoms. The highest BCUT2D eigenvalue weighted by atomic mass is 16.1. The van der Waals surface area contributed by atoms with Gasteiger partial charge in [0.1, 0.15) is 0 Å². The Labute approximate surface area is 136 Å². The number of isocyanates is 1. The maximum atomic E-state index is 10.8. The summed E-state index contributed by atoms with van der Waals surface area (Å²) in [6.45, 7) is 2.19. The van der Waals surface area contributed by atoms with E-state index >= 15 is 0 Å². The normalized spacial score (nSPS) is 10.5. The van der Waals surface area contributed by atoms with Gasteiger partial charge in [-0.3, -0.25) is 0 Å². The second kappa shape index (κ2) is 7.04. The number of hydrogen-bond donors (Lipinski definition) is 0. The molecule has 0 aliphatic carbocycles. The summed E-state index contributed by atoms with van der Waals surface area (Å²) >= 11 is 0. The lowest BCUT2D eigenvalue weighted by Gasteiger charge is -2.13. The maximum Gasteiger partial charge on any atom is 0.240 e. The topological polar surface area (TPSA) is 29.4 Å². The van der Waals surface area contributed by atoms with Crippen LogP contribution in [0.2, 0.25) is 0 Å². The van der Waals surface area contributed by atoms with Crippen LogP contribution in [0.15, 0.2) is 65.7 Å². The van der Waals surface area contributed by atoms with E-state index in [0.717, 1.165) is 30.0 Å². The number of nitrogens with zero attached hydrogens (tertiary/aromatic N) is 1. The predicted octanol–water partition coefficient (Wildman–Crippen LogP) is 5.82. The van der Waals surface area contributed by atoms with Gasteiger partial charge >= 0.3 is 0 Å². The Morgan fingerprint density at radius 2 is 1.78 bits per heavy atom. The fourth-order valence-corrected chi connectivity index (χ4v) is 3.05. The van der Waals surface area contributed by atoms with E-state index in [4.69, 9.17) is 0 Å². The molecule has 0 atom stereocenters. The van der Waals surface area contributed by atoms with Crippen LogP contribution in [0.4, 0.5) is 5.69 Å². The Hall–Kier alpha value is -2.70. The van der Waals surface area contributed by atoms with E-state index in [1.54, 1.807) is 6.08 Å². The van der Waals surface area contributed by atoms with Crippen molar-refractivity contribution in [3.8, 4) is 11.1 Å². The number of aliphatic imine (C=N–C) groups is 1. The van der Waals surface area contributed by atoms with Crippen molar-refractivity contribution in [1.82, 2.24) is 0 Å². The van der Waals surface area contributed by atoms with Crippen LogP contribution in [-0.2, 0) is 11.2 Å². The Bertz CT molecular complexity index is 862. The highest BCUT2D eigenvalue weighted by molar-refractivity contribution is 6.04. The molecule has 3 aromatic rings. The van der Waals surface area contributed by atoms with E-state index in [1.807, 2.05) is 30.3 Å². The molecular weight excluding hydrogens is 282 g/mol. The third-order valence-corrected chi connectivity index (χ3v) is 4.16. The second-order valence-electron chi connectivity index (χ2n) is 5.64. The monoisotopic (exact) mass is 301 g/mol. The van der Waals surface area contributed by atoms with Gasteiger partial charge in [0, 0.05) is 5.39 Å². The Kier molecular flexibility index (Phi) is 4.65. The summed E-state index contributed by atoms with van der Waals surface area (Å²) in [5.74, 6) is 0. The van der Waals surface area contributed by atoms with E-state index in [9.17, 15) is 4.79 Å². The zero-order chi connectivity index (χ0) is 16.1. The van der Waals surface area contributed by atoms with E-state index in [2.05, 4.69) is 42.2 Å². The summed E-state index contributed by atoms with van der Waals surface area (Å²) < 4.78 is 0. The van der Waals surface area contributed by atoms with Crippen LogP contribution in [-0.4, -0.2) is 6.08 Å². The van der Waals surface area contributed by atoms with Crippen molar-refractivity contribution in [3.05, 3.63) is 66.2 Å². The summed E-state index contributed by atoms with van der Waals surface area (Å²) in [4.78, 5) is 14.7. The first-order chi connectivity index (χ1) is 11.3. The van der Waals surface area contributed by atoms with Crippen LogP contribution in [0.1, 0.15) is 25.3 Å². The zero-order valence-electron chi connectivity index (χ0n) is 13.3. The third-order valence-electron chi connectivity index (χ3n) is 4.16. The fourth-order valence-electron chi connectivity index (χ4n) is 3.05. The van der Waals surface area contributed by atoms with E-state index in [0.29, 0.717) is 5.69 Å². The molecule has 0 amide bonds. The first-order valence-corrected chi connectivity index (χ1v) is 8.03. The van der Waals surface area contributed by atoms with Crippen LogP contribution in [0, 0.1) is 0 Å². The van der Waals surface area contributed by atoms with Crippen LogP contribution in [0.3, 0.4) is 0 Å². The van der Waals surface area contributed by atoms with Gasteiger partial charge in [-0.25, -0.2) is 4.79 Å². The molecule has 2 nitrogen and oxygen atoms in total. The molecule has 0 aliphatic heterocycles. The lowest BCUT2D eigenvalue weighted by atomic mass is 9.93. The molecule has 0 radical (unpaired) electrons. The lowest BCUT2D eigenvalue weighted by molar-refractivity contribution is 0.565. The largest absolute Gasteiger partial charge is 0.240 e. The molecule has 0 saturated carbocycles. The average Bonchev–Trinajstić information content (AvgIpc) is 2.61. The van der Waals surface area contributed by atoms with Gasteiger partial charge in [0.15, 0.2) is 0 Å². The zero-order valence-corrected chi connectivity index (χ0v) is 13.3. The van der Waals surface area contributed by atoms with Gasteiger partial charge < -0.3 is 0 Å². The first kappa shape index (κ1) is 15.2. The van der Waals surface area contributed by atoms with Crippen LogP contribution < -0.4 is 0 Å². The van der Waals surface area contributed by atoms with E-state index < -0.39 is 0 Å². The maximum absolute atomic E-state index is 10.8. The van der Waals surface area contributed by atoms with Crippen LogP contribution in [0.5, 0.6) is 0 Å². The molecule has 0 bridgehead atoms. The van der Waals surface area contributed by atoms with E-state index in [-0.39, 0.29) is 0 Å². The molecule has 114 valence electrons. The summed E-state index contributed by atoms with van der Waals surface area (Å²) in [6.07, 6.45) is 4.95. The summed E-state index contributed by atoms with van der Waals surface area (Å²) in [7, 11) is 0. The Morgan fingerprint density at radius 3 is 2.52 bits per heavy atom. The highest BCUT2D eigenvalue weighted by Gasteiger charge is 2.11. The lowest BCUT2D eigenvalue weighted by Crippen LogP contribution is -1.90. The van der Waals surface area contributed by atoms with Gasteiger partial charge in [0.05, 0.1) is 5.69 Å². The minimum Gasteiger partial charge on any atom is -0.211 e. The first-order valence-electron chi connectivity index (χ1n) is 8.03. The number of benzene rings is 3. The van der Waals surface area contributed by atoms with Gasteiger partial charge in [0.2, 0.25) is 6.08 Å². The molecule has 0 aliphatic rings. The van der Waals surface area contributed by atoms with Gasteiger partial charge in [-0.15, -0.1) is 0 Å². The number of carbonyl (C=O) groups excluding carboxylic acids is 1. The second-order valence-corrected chi connectivity index (χ2v) is 5.64. The molecular formula is C21H19NO. The van der Waals surface area contributed by atoms with Crippen molar-refractivity contribution < 1.29 is 4.79 Å². The van der Waals surface area contributed by atoms with Crippen molar-refractivity contribution in [2.75, 3.05) is 0 Å². The van der Waals surface area contributed by atoms with Crippen molar-refractivity contribution in [3.63, 3.8) is 0 Å². The highest BCUT2D eigenvalue weighted by Crippen LogP contribution is 2.37. The molecule has 0 saturated heterocycles. The SMILES string of the molecule is CCCCc1cccc2c(-c3ccccc3)ccc(N=C=O)c12. The standard InChI is InChI=1S/C21H19NO/c1-2-3-8-17-11-7-12-19-18(16-9-5-4-6-10-16)13-14-20(21(17)19)22-15-23/h4-7,9-14H,2-3,8H2,1H3. The molecule has 0 fully saturated rings. The van der Waals surface area contributed by atoms with Gasteiger partial charge in [0.25, 0.3) is 0 Å². The molecule has 0 spiro atoms. The number of unbranched alkanes of at least 4 members (excludes halogenated alkanes) is 1. The number of aryl methyl sites for hydroxylation is 1. The molecule has 0 unspecified atom stereocenters. The third kappa shape index (κ3) is 3.08. The van der Waals surface area contributed by atoms with Gasteiger partial charge in [-0.05, 0) is 41.0 Å². The number of rotatable bonds is 5. The quantitative estimate of drug-likeness (QED) is 0.431. The summed E-state index contributed by atoms with van der Waals surface area (Å²) in [5, 5.41) is 2.21. The smallest absolute Gasteiger partial charge is 0.211 e. The van der Waals surface area contributed by atoms with Crippen molar-refractivity contribution in [1.29, 1.82) is 0 Å². The predicted molar refractivity (Wildman–Crippen MR) is 95.8 cm³/mol. The average molecular weight is 301 g/mol. The summed E-state index contributed by atoms with van der Waals surface area (Å²) in [5.41, 5.74) is 4.30. The van der Waals surface area contributed by atoms with E-state index in [1.165, 1.54) is 16.7 Å². The molecule has 23 heavy (non-hydrogen) atoms. The number of fused-ring (bicyclic) bond motifs is 1. The summed E-state index contributed by atoms with van der Waals surface area (Å²) in [6, 6.07) is 20.6. The molecule has 3 rings (SSSR count). The Morgan fingerprint density at radius 1 is 0.957 bits per heavy atom. The molecule has 0 heterocycles. The Balaban J connectivity index is 2.29. The number of hydrogen-bond acceptors (Lipinski definition) is 2. The van der Waals surface area contributed by atoms with Crippen molar-refractivity contribution >= 4 is 22.5 Å². The fraction of sp³-hybridized carbons (Fsp3) is 0.190. The van der Waals surface area contributed by atoms with Crippen LogP contribution in [0.25, 0.3) is 21.9 Å². The van der Waals surface area contributed by atoms with Gasteiger partial charge in [-0.2, -0.15) is 4.99 Å². The van der Waals surface area contributed by atoms with Crippen molar-refractivity contribution in [2.24, 2.45) is 4.99 Å². The van der Waals surface area contributed by atoms with Crippen molar-refractivity contribution in [2.45, 2.75) is 26.2 Å².